The van der Waals surface area contributed by atoms with Gasteiger partial charge in [-0.3, -0.25) is 0 Å². The van der Waals surface area contributed by atoms with Crippen molar-refractivity contribution >= 4 is 30.3 Å². The lowest BCUT2D eigenvalue weighted by Gasteiger charge is -2.00. The Labute approximate surface area is 90.0 Å². The number of hydrogen-bond acceptors (Lipinski definition) is 1. The summed E-state index contributed by atoms with van der Waals surface area (Å²) in [6.07, 6.45) is 5.23. The maximum atomic E-state index is 5.80. The molecule has 0 spiro atoms. The van der Waals surface area contributed by atoms with Gasteiger partial charge in [0, 0.05) is 5.88 Å². The van der Waals surface area contributed by atoms with E-state index in [4.69, 9.17) is 11.6 Å². The van der Waals surface area contributed by atoms with Crippen LogP contribution in [0, 0.1) is 0 Å². The van der Waals surface area contributed by atoms with Gasteiger partial charge >= 0.3 is 0 Å². The van der Waals surface area contributed by atoms with E-state index >= 15 is 0 Å². The molecule has 1 aromatic carbocycles. The summed E-state index contributed by atoms with van der Waals surface area (Å²) >= 11 is 9.93. The molecule has 0 aliphatic rings. The van der Waals surface area contributed by atoms with Crippen LogP contribution >= 0.6 is 24.2 Å². The van der Waals surface area contributed by atoms with Crippen molar-refractivity contribution < 1.29 is 0 Å². The fraction of sp³-hybridized carbons (Fsp3) is 0.273. The molecule has 0 amide bonds. The van der Waals surface area contributed by atoms with Gasteiger partial charge in [0.25, 0.3) is 0 Å². The number of hydrogen-bond donors (Lipinski definition) is 1. The predicted molar refractivity (Wildman–Crippen MR) is 63.5 cm³/mol. The monoisotopic (exact) mass is 212 g/mol. The van der Waals surface area contributed by atoms with Crippen LogP contribution in [0.25, 0.3) is 6.08 Å². The number of benzene rings is 1. The van der Waals surface area contributed by atoms with Gasteiger partial charge in [-0.1, -0.05) is 36.4 Å². The number of rotatable bonds is 4. The van der Waals surface area contributed by atoms with Gasteiger partial charge in [-0.2, -0.15) is 12.6 Å². The normalized spacial score (nSPS) is 10.9. The Hall–Kier alpha value is -0.400. The van der Waals surface area contributed by atoms with Crippen molar-refractivity contribution in [2.45, 2.75) is 12.3 Å². The van der Waals surface area contributed by atoms with Gasteiger partial charge in [-0.05, 0) is 23.3 Å². The minimum Gasteiger partial charge on any atom is -0.179 e. The van der Waals surface area contributed by atoms with E-state index in [0.29, 0.717) is 5.88 Å². The van der Waals surface area contributed by atoms with Gasteiger partial charge in [0.1, 0.15) is 0 Å². The van der Waals surface area contributed by atoms with Crippen LogP contribution < -0.4 is 0 Å². The van der Waals surface area contributed by atoms with E-state index in [2.05, 4.69) is 30.8 Å². The fourth-order valence-corrected chi connectivity index (χ4v) is 1.50. The van der Waals surface area contributed by atoms with Gasteiger partial charge < -0.3 is 0 Å². The first-order valence-corrected chi connectivity index (χ1v) is 5.46. The quantitative estimate of drug-likeness (QED) is 0.570. The van der Waals surface area contributed by atoms with Crippen molar-refractivity contribution in [3.8, 4) is 0 Å². The Kier molecular flexibility index (Phi) is 5.02. The molecular formula is C11H13ClS. The fourth-order valence-electron chi connectivity index (χ4n) is 1.10. The summed E-state index contributed by atoms with van der Waals surface area (Å²) < 4.78 is 0. The van der Waals surface area contributed by atoms with Crippen LogP contribution in [0.15, 0.2) is 30.3 Å². The van der Waals surface area contributed by atoms with Crippen LogP contribution in [-0.4, -0.2) is 5.75 Å². The van der Waals surface area contributed by atoms with E-state index in [1.165, 1.54) is 11.1 Å². The molecule has 0 fully saturated rings. The van der Waals surface area contributed by atoms with E-state index in [1.807, 2.05) is 18.2 Å². The number of thiol groups is 1. The second kappa shape index (κ2) is 6.11. The van der Waals surface area contributed by atoms with E-state index in [-0.39, 0.29) is 0 Å². The molecule has 2 heteroatoms. The van der Waals surface area contributed by atoms with Crippen LogP contribution in [0.5, 0.6) is 0 Å². The van der Waals surface area contributed by atoms with Gasteiger partial charge in [-0.15, -0.1) is 11.6 Å². The summed E-state index contributed by atoms with van der Waals surface area (Å²) in [5, 5.41) is 0. The Balaban J connectivity index is 2.74. The molecule has 0 aliphatic carbocycles. The molecule has 0 heterocycles. The largest absolute Gasteiger partial charge is 0.179 e. The zero-order chi connectivity index (χ0) is 9.52. The minimum atomic E-state index is 0.571. The van der Waals surface area contributed by atoms with E-state index in [0.717, 1.165) is 12.2 Å². The van der Waals surface area contributed by atoms with Gasteiger partial charge in [0.2, 0.25) is 0 Å². The third-order valence-electron chi connectivity index (χ3n) is 1.79. The van der Waals surface area contributed by atoms with Crippen molar-refractivity contribution in [1.82, 2.24) is 0 Å². The second-order valence-corrected chi connectivity index (χ2v) is 3.46. The first-order chi connectivity index (χ1) is 6.38. The molecule has 0 N–H and O–H groups in total. The van der Waals surface area contributed by atoms with Crippen molar-refractivity contribution in [1.29, 1.82) is 0 Å². The molecule has 1 rings (SSSR count). The maximum absolute atomic E-state index is 5.80. The molecule has 0 saturated carbocycles. The standard InChI is InChI=1S/C11H13ClS/c12-9-11-7-2-1-5-10(11)6-3-4-8-13/h1-3,5-7,13H,4,8-9H2. The number of alkyl halides is 1. The average molecular weight is 213 g/mol. The highest BCUT2D eigenvalue weighted by atomic mass is 35.5. The smallest absolute Gasteiger partial charge is 0.0479 e. The topological polar surface area (TPSA) is 0 Å². The van der Waals surface area contributed by atoms with Crippen LogP contribution in [0.1, 0.15) is 17.5 Å². The number of allylic oxidation sites excluding steroid dienone is 1. The Morgan fingerprint density at radius 2 is 2.08 bits per heavy atom. The highest BCUT2D eigenvalue weighted by Crippen LogP contribution is 2.13. The van der Waals surface area contributed by atoms with Crippen molar-refractivity contribution in [3.05, 3.63) is 41.5 Å². The van der Waals surface area contributed by atoms with Gasteiger partial charge in [-0.25, -0.2) is 0 Å². The van der Waals surface area contributed by atoms with E-state index in [9.17, 15) is 0 Å². The van der Waals surface area contributed by atoms with Crippen molar-refractivity contribution in [2.24, 2.45) is 0 Å². The second-order valence-electron chi connectivity index (χ2n) is 2.75. The highest BCUT2D eigenvalue weighted by molar-refractivity contribution is 7.80. The van der Waals surface area contributed by atoms with E-state index < -0.39 is 0 Å². The molecule has 1 aromatic rings. The zero-order valence-corrected chi connectivity index (χ0v) is 9.06. The van der Waals surface area contributed by atoms with Crippen LogP contribution in [0.3, 0.4) is 0 Å². The molecule has 0 bridgehead atoms. The first kappa shape index (κ1) is 10.7. The Morgan fingerprint density at radius 1 is 1.31 bits per heavy atom. The summed E-state index contributed by atoms with van der Waals surface area (Å²) in [4.78, 5) is 0. The molecule has 0 unspecified atom stereocenters. The van der Waals surface area contributed by atoms with Crippen molar-refractivity contribution in [2.75, 3.05) is 5.75 Å². The molecule has 0 saturated heterocycles. The number of halogens is 1. The lowest BCUT2D eigenvalue weighted by atomic mass is 10.1. The Morgan fingerprint density at radius 3 is 2.77 bits per heavy atom. The lowest BCUT2D eigenvalue weighted by Crippen LogP contribution is -1.82. The summed E-state index contributed by atoms with van der Waals surface area (Å²) in [6, 6.07) is 8.16. The summed E-state index contributed by atoms with van der Waals surface area (Å²) in [5.41, 5.74) is 2.39. The van der Waals surface area contributed by atoms with E-state index in [1.54, 1.807) is 0 Å². The molecule has 0 radical (unpaired) electrons. The third-order valence-corrected chi connectivity index (χ3v) is 2.34. The molecule has 70 valence electrons. The SMILES string of the molecule is SCCC=Cc1ccccc1CCl. The van der Waals surface area contributed by atoms with Crippen molar-refractivity contribution in [3.63, 3.8) is 0 Å². The van der Waals surface area contributed by atoms with Crippen LogP contribution in [0.4, 0.5) is 0 Å². The molecule has 0 aliphatic heterocycles. The van der Waals surface area contributed by atoms with Crippen LogP contribution in [0.2, 0.25) is 0 Å². The first-order valence-electron chi connectivity index (χ1n) is 4.29. The van der Waals surface area contributed by atoms with Gasteiger partial charge in [0.15, 0.2) is 0 Å². The maximum Gasteiger partial charge on any atom is 0.0479 e. The molecule has 0 atom stereocenters. The third kappa shape index (κ3) is 3.45. The summed E-state index contributed by atoms with van der Waals surface area (Å²) in [6.45, 7) is 0. The van der Waals surface area contributed by atoms with Crippen LogP contribution in [-0.2, 0) is 5.88 Å². The highest BCUT2D eigenvalue weighted by Gasteiger charge is 1.94. The molecule has 0 nitrogen and oxygen atoms in total. The molecule has 0 aromatic heterocycles. The Bertz CT molecular complexity index is 281. The predicted octanol–water partition coefficient (Wildman–Crippen LogP) is 3.76. The lowest BCUT2D eigenvalue weighted by molar-refractivity contribution is 1.26. The zero-order valence-electron chi connectivity index (χ0n) is 7.41. The minimum absolute atomic E-state index is 0.571. The summed E-state index contributed by atoms with van der Waals surface area (Å²) in [7, 11) is 0. The molecular weight excluding hydrogens is 200 g/mol. The summed E-state index contributed by atoms with van der Waals surface area (Å²) in [5.74, 6) is 1.46. The average Bonchev–Trinajstić information content (AvgIpc) is 2.19. The van der Waals surface area contributed by atoms with Gasteiger partial charge in [0.05, 0.1) is 0 Å². The molecule has 13 heavy (non-hydrogen) atoms.